The summed E-state index contributed by atoms with van der Waals surface area (Å²) in [5.74, 6) is -0.932. The van der Waals surface area contributed by atoms with Gasteiger partial charge in [-0.3, -0.25) is 4.79 Å². The Morgan fingerprint density at radius 2 is 2.12 bits per heavy atom. The second kappa shape index (κ2) is 5.64. The van der Waals surface area contributed by atoms with Gasteiger partial charge < -0.3 is 9.88 Å². The van der Waals surface area contributed by atoms with Crippen LogP contribution in [0.5, 0.6) is 0 Å². The topological polar surface area (TPSA) is 36.1 Å². The number of H-pyrrole nitrogens is 1. The smallest absolute Gasteiger partial charge is 0.258 e. The van der Waals surface area contributed by atoms with Crippen molar-refractivity contribution in [1.29, 1.82) is 0 Å². The Morgan fingerprint density at radius 1 is 1.29 bits per heavy atom. The number of nitrogens with one attached hydrogen (secondary N) is 1. The van der Waals surface area contributed by atoms with Crippen LogP contribution in [0.3, 0.4) is 0 Å². The molecule has 2 heterocycles. The van der Waals surface area contributed by atoms with Crippen LogP contribution in [0.1, 0.15) is 27.2 Å². The van der Waals surface area contributed by atoms with E-state index in [9.17, 15) is 9.18 Å². The van der Waals surface area contributed by atoms with Gasteiger partial charge in [0.25, 0.3) is 5.91 Å². The van der Waals surface area contributed by atoms with E-state index in [0.29, 0.717) is 13.1 Å². The van der Waals surface area contributed by atoms with Crippen LogP contribution >= 0.6 is 11.6 Å². The average molecular weight is 343 g/mol. The first-order valence-electron chi connectivity index (χ1n) is 7.88. The fourth-order valence-electron chi connectivity index (χ4n) is 3.37. The minimum absolute atomic E-state index is 0.0432. The van der Waals surface area contributed by atoms with Crippen LogP contribution in [-0.2, 0) is 13.0 Å². The molecule has 5 heteroatoms. The third kappa shape index (κ3) is 2.38. The van der Waals surface area contributed by atoms with Gasteiger partial charge in [0, 0.05) is 41.7 Å². The van der Waals surface area contributed by atoms with Gasteiger partial charge in [-0.15, -0.1) is 0 Å². The lowest BCUT2D eigenvalue weighted by Gasteiger charge is -2.27. The number of aryl methyl sites for hydroxylation is 1. The van der Waals surface area contributed by atoms with Crippen molar-refractivity contribution < 1.29 is 9.18 Å². The van der Waals surface area contributed by atoms with E-state index < -0.39 is 5.82 Å². The Balaban J connectivity index is 1.71. The fourth-order valence-corrected chi connectivity index (χ4v) is 3.61. The highest BCUT2D eigenvalue weighted by Crippen LogP contribution is 2.30. The predicted octanol–water partition coefficient (Wildman–Crippen LogP) is 4.47. The second-order valence-electron chi connectivity index (χ2n) is 6.20. The number of hydrogen-bond donors (Lipinski definition) is 1. The SMILES string of the molecule is Cc1ccc2c3c([nH]c2c1)CCN(C(=O)c1c(F)cccc1Cl)C3. The van der Waals surface area contributed by atoms with Gasteiger partial charge in [-0.05, 0) is 30.7 Å². The van der Waals surface area contributed by atoms with Gasteiger partial charge in [0.1, 0.15) is 5.82 Å². The summed E-state index contributed by atoms with van der Waals surface area (Å²) in [5.41, 5.74) is 4.49. The van der Waals surface area contributed by atoms with Gasteiger partial charge in [-0.2, -0.15) is 0 Å². The van der Waals surface area contributed by atoms with E-state index in [0.717, 1.165) is 28.6 Å². The highest BCUT2D eigenvalue weighted by molar-refractivity contribution is 6.33. The number of aromatic nitrogens is 1. The van der Waals surface area contributed by atoms with E-state index in [4.69, 9.17) is 11.6 Å². The molecule has 1 aliphatic rings. The minimum Gasteiger partial charge on any atom is -0.358 e. The number of halogens is 2. The zero-order chi connectivity index (χ0) is 16.8. The number of hydrogen-bond acceptors (Lipinski definition) is 1. The lowest BCUT2D eigenvalue weighted by Crippen LogP contribution is -2.36. The van der Waals surface area contributed by atoms with Crippen molar-refractivity contribution in [1.82, 2.24) is 9.88 Å². The zero-order valence-electron chi connectivity index (χ0n) is 13.2. The van der Waals surface area contributed by atoms with Gasteiger partial charge in [-0.1, -0.05) is 29.8 Å². The second-order valence-corrected chi connectivity index (χ2v) is 6.61. The molecule has 1 aliphatic heterocycles. The third-order valence-corrected chi connectivity index (χ3v) is 4.91. The van der Waals surface area contributed by atoms with E-state index in [-0.39, 0.29) is 16.5 Å². The van der Waals surface area contributed by atoms with Crippen molar-refractivity contribution in [2.45, 2.75) is 19.9 Å². The maximum Gasteiger partial charge on any atom is 0.258 e. The largest absolute Gasteiger partial charge is 0.358 e. The molecule has 1 aromatic heterocycles. The molecule has 0 saturated heterocycles. The van der Waals surface area contributed by atoms with Gasteiger partial charge in [0.05, 0.1) is 10.6 Å². The van der Waals surface area contributed by atoms with Crippen molar-refractivity contribution in [2.75, 3.05) is 6.54 Å². The number of carbonyl (C=O) groups excluding carboxylic acids is 1. The molecule has 1 amide bonds. The predicted molar refractivity (Wildman–Crippen MR) is 92.9 cm³/mol. The van der Waals surface area contributed by atoms with Crippen molar-refractivity contribution in [3.8, 4) is 0 Å². The molecule has 0 spiro atoms. The third-order valence-electron chi connectivity index (χ3n) is 4.59. The van der Waals surface area contributed by atoms with E-state index in [1.54, 1.807) is 11.0 Å². The Bertz CT molecular complexity index is 943. The van der Waals surface area contributed by atoms with E-state index in [1.807, 2.05) is 0 Å². The standard InChI is InChI=1S/C19H16ClFN2O/c1-11-5-6-12-13-10-23(8-7-16(13)22-17(12)9-11)19(24)18-14(20)3-2-4-15(18)21/h2-6,9,22H,7-8,10H2,1H3. The summed E-state index contributed by atoms with van der Waals surface area (Å²) in [7, 11) is 0. The van der Waals surface area contributed by atoms with Gasteiger partial charge in [0.15, 0.2) is 0 Å². The molecule has 0 fully saturated rings. The van der Waals surface area contributed by atoms with Crippen LogP contribution in [0.15, 0.2) is 36.4 Å². The lowest BCUT2D eigenvalue weighted by atomic mass is 10.0. The summed E-state index contributed by atoms with van der Waals surface area (Å²) in [6, 6.07) is 10.6. The first kappa shape index (κ1) is 15.2. The van der Waals surface area contributed by atoms with Crippen LogP contribution in [-0.4, -0.2) is 22.3 Å². The van der Waals surface area contributed by atoms with Crippen LogP contribution in [0.2, 0.25) is 5.02 Å². The minimum atomic E-state index is -0.576. The van der Waals surface area contributed by atoms with Crippen LogP contribution in [0.4, 0.5) is 4.39 Å². The number of aromatic amines is 1. The van der Waals surface area contributed by atoms with Crippen molar-refractivity contribution in [3.63, 3.8) is 0 Å². The maximum absolute atomic E-state index is 14.1. The Hall–Kier alpha value is -2.33. The van der Waals surface area contributed by atoms with Crippen LogP contribution < -0.4 is 0 Å². The first-order valence-corrected chi connectivity index (χ1v) is 8.26. The highest BCUT2D eigenvalue weighted by atomic mass is 35.5. The number of fused-ring (bicyclic) bond motifs is 3. The normalized spacial score (nSPS) is 14.0. The molecule has 0 bridgehead atoms. The summed E-state index contributed by atoms with van der Waals surface area (Å²) < 4.78 is 14.1. The average Bonchev–Trinajstić information content (AvgIpc) is 2.91. The number of rotatable bonds is 1. The highest BCUT2D eigenvalue weighted by Gasteiger charge is 2.27. The van der Waals surface area contributed by atoms with Gasteiger partial charge in [0.2, 0.25) is 0 Å². The maximum atomic E-state index is 14.1. The summed E-state index contributed by atoms with van der Waals surface area (Å²) in [6.45, 7) is 3.06. The van der Waals surface area contributed by atoms with E-state index >= 15 is 0 Å². The molecule has 0 aliphatic carbocycles. The fraction of sp³-hybridized carbons (Fsp3) is 0.211. The van der Waals surface area contributed by atoms with Crippen LogP contribution in [0, 0.1) is 12.7 Å². The number of nitrogens with zero attached hydrogens (tertiary/aromatic N) is 1. The Morgan fingerprint density at radius 3 is 2.92 bits per heavy atom. The van der Waals surface area contributed by atoms with Crippen molar-refractivity contribution in [2.24, 2.45) is 0 Å². The van der Waals surface area contributed by atoms with Gasteiger partial charge >= 0.3 is 0 Å². The lowest BCUT2D eigenvalue weighted by molar-refractivity contribution is 0.0730. The Kier molecular flexibility index (Phi) is 3.57. The first-order chi connectivity index (χ1) is 11.5. The van der Waals surface area contributed by atoms with E-state index in [1.165, 1.54) is 17.7 Å². The van der Waals surface area contributed by atoms with Crippen molar-refractivity contribution >= 4 is 28.4 Å². The molecule has 4 rings (SSSR count). The quantitative estimate of drug-likeness (QED) is 0.696. The molecule has 0 saturated carbocycles. The number of benzene rings is 2. The molecule has 0 radical (unpaired) electrons. The number of carbonyl (C=O) groups is 1. The molecule has 1 N–H and O–H groups in total. The van der Waals surface area contributed by atoms with Crippen molar-refractivity contribution in [3.05, 3.63) is 69.6 Å². The molecule has 122 valence electrons. The van der Waals surface area contributed by atoms with Crippen LogP contribution in [0.25, 0.3) is 10.9 Å². The molecular weight excluding hydrogens is 327 g/mol. The molecule has 0 atom stereocenters. The molecule has 0 unspecified atom stereocenters. The zero-order valence-corrected chi connectivity index (χ0v) is 14.0. The summed E-state index contributed by atoms with van der Waals surface area (Å²) in [5, 5.41) is 1.27. The molecule has 24 heavy (non-hydrogen) atoms. The summed E-state index contributed by atoms with van der Waals surface area (Å²) in [6.07, 6.45) is 0.723. The summed E-state index contributed by atoms with van der Waals surface area (Å²) in [4.78, 5) is 17.9. The monoisotopic (exact) mass is 342 g/mol. The molecular formula is C19H16ClFN2O. The van der Waals surface area contributed by atoms with E-state index in [2.05, 4.69) is 30.1 Å². The molecule has 2 aromatic carbocycles. The molecule has 3 nitrogen and oxygen atoms in total. The number of amides is 1. The molecule has 3 aromatic rings. The van der Waals surface area contributed by atoms with Gasteiger partial charge in [-0.25, -0.2) is 4.39 Å². The summed E-state index contributed by atoms with van der Waals surface area (Å²) >= 11 is 6.04. The Labute approximate surface area is 144 Å².